The van der Waals surface area contributed by atoms with Gasteiger partial charge in [0.1, 0.15) is 0 Å². The van der Waals surface area contributed by atoms with Crippen molar-refractivity contribution in [2.45, 2.75) is 19.3 Å². The van der Waals surface area contributed by atoms with Crippen molar-refractivity contribution in [2.24, 2.45) is 0 Å². The molecular formula is C37H29N. The van der Waals surface area contributed by atoms with Gasteiger partial charge in [-0.1, -0.05) is 115 Å². The first-order chi connectivity index (χ1) is 18.8. The van der Waals surface area contributed by atoms with Crippen molar-refractivity contribution in [1.82, 2.24) is 4.57 Å². The summed E-state index contributed by atoms with van der Waals surface area (Å²) in [5.74, 6) is 0. The minimum Gasteiger partial charge on any atom is -0.309 e. The molecule has 0 atom stereocenters. The van der Waals surface area contributed by atoms with Crippen LogP contribution < -0.4 is 0 Å². The second-order valence-corrected chi connectivity index (χ2v) is 10.2. The van der Waals surface area contributed by atoms with Crippen molar-refractivity contribution in [1.29, 1.82) is 0 Å². The normalized spacial score (nSPS) is 13.5. The molecule has 182 valence electrons. The fourth-order valence-electron chi connectivity index (χ4n) is 5.80. The smallest absolute Gasteiger partial charge is 0.0541 e. The lowest BCUT2D eigenvalue weighted by Crippen LogP contribution is -1.97. The van der Waals surface area contributed by atoms with E-state index in [2.05, 4.69) is 144 Å². The molecule has 0 spiro atoms. The summed E-state index contributed by atoms with van der Waals surface area (Å²) in [7, 11) is 0. The van der Waals surface area contributed by atoms with Gasteiger partial charge in [-0.05, 0) is 77.4 Å². The van der Waals surface area contributed by atoms with Gasteiger partial charge in [0.05, 0.1) is 11.0 Å². The molecule has 1 nitrogen and oxygen atoms in total. The molecule has 1 aliphatic rings. The number of para-hydroxylation sites is 2. The Bertz CT molecular complexity index is 1800. The van der Waals surface area contributed by atoms with E-state index in [-0.39, 0.29) is 0 Å². The van der Waals surface area contributed by atoms with Crippen molar-refractivity contribution in [3.05, 3.63) is 156 Å². The van der Waals surface area contributed by atoms with Crippen LogP contribution in [-0.4, -0.2) is 4.57 Å². The molecular weight excluding hydrogens is 458 g/mol. The molecule has 0 fully saturated rings. The van der Waals surface area contributed by atoms with Gasteiger partial charge in [0, 0.05) is 16.5 Å². The molecule has 38 heavy (non-hydrogen) atoms. The van der Waals surface area contributed by atoms with Gasteiger partial charge < -0.3 is 4.57 Å². The first-order valence-corrected chi connectivity index (χ1v) is 13.5. The number of allylic oxidation sites excluding steroid dienone is 4. The average molecular weight is 488 g/mol. The summed E-state index contributed by atoms with van der Waals surface area (Å²) in [5, 5.41) is 2.62. The van der Waals surface area contributed by atoms with E-state index in [1.54, 1.807) is 0 Å². The molecule has 1 aliphatic carbocycles. The fourth-order valence-corrected chi connectivity index (χ4v) is 5.80. The number of hydrogen-bond acceptors (Lipinski definition) is 0. The Hall–Kier alpha value is -4.62. The predicted molar refractivity (Wildman–Crippen MR) is 162 cm³/mol. The van der Waals surface area contributed by atoms with Crippen LogP contribution in [0.1, 0.15) is 24.0 Å². The Morgan fingerprint density at radius 2 is 1.16 bits per heavy atom. The first-order valence-electron chi connectivity index (χ1n) is 13.5. The molecule has 1 heterocycles. The van der Waals surface area contributed by atoms with E-state index in [0.717, 1.165) is 19.3 Å². The van der Waals surface area contributed by atoms with Crippen LogP contribution in [0, 0.1) is 0 Å². The summed E-state index contributed by atoms with van der Waals surface area (Å²) in [6.07, 6.45) is 7.89. The van der Waals surface area contributed by atoms with Gasteiger partial charge in [-0.15, -0.1) is 0 Å². The predicted octanol–water partition coefficient (Wildman–Crippen LogP) is 9.80. The Morgan fingerprint density at radius 1 is 0.500 bits per heavy atom. The molecule has 7 rings (SSSR count). The number of fused-ring (bicyclic) bond motifs is 3. The van der Waals surface area contributed by atoms with Gasteiger partial charge in [0.2, 0.25) is 0 Å². The highest BCUT2D eigenvalue weighted by Crippen LogP contribution is 2.36. The van der Waals surface area contributed by atoms with Crippen LogP contribution >= 0.6 is 0 Å². The molecule has 0 bridgehead atoms. The van der Waals surface area contributed by atoms with E-state index in [4.69, 9.17) is 0 Å². The molecule has 0 unspecified atom stereocenters. The lowest BCUT2D eigenvalue weighted by atomic mass is 9.89. The lowest BCUT2D eigenvalue weighted by Gasteiger charge is -2.16. The molecule has 1 heteroatoms. The summed E-state index contributed by atoms with van der Waals surface area (Å²) in [6, 6.07) is 46.0. The summed E-state index contributed by atoms with van der Waals surface area (Å²) in [5.41, 5.74) is 11.9. The van der Waals surface area contributed by atoms with E-state index in [1.807, 2.05) is 0 Å². The average Bonchev–Trinajstić information content (AvgIpc) is 3.33. The van der Waals surface area contributed by atoms with E-state index in [1.165, 1.54) is 60.9 Å². The Labute approximate surface area is 224 Å². The highest BCUT2D eigenvalue weighted by Gasteiger charge is 2.15. The highest BCUT2D eigenvalue weighted by molar-refractivity contribution is 6.10. The second-order valence-electron chi connectivity index (χ2n) is 10.2. The van der Waals surface area contributed by atoms with E-state index >= 15 is 0 Å². The highest BCUT2D eigenvalue weighted by atomic mass is 15.0. The monoisotopic (exact) mass is 487 g/mol. The zero-order valence-corrected chi connectivity index (χ0v) is 21.3. The van der Waals surface area contributed by atoms with Crippen LogP contribution in [0.5, 0.6) is 0 Å². The molecule has 0 N–H and O–H groups in total. The van der Waals surface area contributed by atoms with Crippen molar-refractivity contribution in [3.63, 3.8) is 0 Å². The molecule has 1 aromatic heterocycles. The van der Waals surface area contributed by atoms with Gasteiger partial charge in [-0.25, -0.2) is 0 Å². The van der Waals surface area contributed by atoms with Gasteiger partial charge in [0.25, 0.3) is 0 Å². The van der Waals surface area contributed by atoms with Gasteiger partial charge >= 0.3 is 0 Å². The number of hydrogen-bond donors (Lipinski definition) is 0. The van der Waals surface area contributed by atoms with E-state index < -0.39 is 0 Å². The lowest BCUT2D eigenvalue weighted by molar-refractivity contribution is 0.923. The fraction of sp³-hybridized carbons (Fsp3) is 0.0811. The zero-order chi connectivity index (χ0) is 25.3. The second kappa shape index (κ2) is 9.68. The zero-order valence-electron chi connectivity index (χ0n) is 21.3. The standard InChI is InChI=1S/C37H29N/c1-3-9-29(10-4-1)30-19-15-27(16-20-30)25-28-17-21-31(22-18-28)32-23-24-37-35(26-32)34-13-7-8-14-36(34)38(37)33-11-5-2-6-12-33/h1-17,19-21,23-24,26H,18,22,25H2. The van der Waals surface area contributed by atoms with Crippen molar-refractivity contribution < 1.29 is 0 Å². The minimum absolute atomic E-state index is 1.02. The third-order valence-corrected chi connectivity index (χ3v) is 7.79. The van der Waals surface area contributed by atoms with Gasteiger partial charge in [0.15, 0.2) is 0 Å². The van der Waals surface area contributed by atoms with Crippen LogP contribution in [0.3, 0.4) is 0 Å². The van der Waals surface area contributed by atoms with Crippen LogP contribution in [0.4, 0.5) is 0 Å². The van der Waals surface area contributed by atoms with Crippen LogP contribution in [-0.2, 0) is 6.42 Å². The number of nitrogens with zero attached hydrogens (tertiary/aromatic N) is 1. The Balaban J connectivity index is 1.17. The quantitative estimate of drug-likeness (QED) is 0.228. The number of benzene rings is 5. The minimum atomic E-state index is 1.02. The molecule has 0 amide bonds. The SMILES string of the molecule is C1=C(Cc2ccc(-c3ccccc3)cc2)CCC(c2ccc3c(c2)c2ccccc2n3-c2ccccc2)=C1. The summed E-state index contributed by atoms with van der Waals surface area (Å²) < 4.78 is 2.38. The maximum absolute atomic E-state index is 2.39. The first kappa shape index (κ1) is 22.6. The third kappa shape index (κ3) is 4.17. The molecule has 0 radical (unpaired) electrons. The van der Waals surface area contributed by atoms with Crippen molar-refractivity contribution >= 4 is 27.4 Å². The maximum Gasteiger partial charge on any atom is 0.0541 e. The molecule has 0 saturated carbocycles. The number of aromatic nitrogens is 1. The summed E-state index contributed by atoms with van der Waals surface area (Å²) in [6.45, 7) is 0. The molecule has 5 aromatic carbocycles. The summed E-state index contributed by atoms with van der Waals surface area (Å²) in [4.78, 5) is 0. The maximum atomic E-state index is 2.39. The topological polar surface area (TPSA) is 4.93 Å². The van der Waals surface area contributed by atoms with E-state index in [0.29, 0.717) is 0 Å². The van der Waals surface area contributed by atoms with E-state index in [9.17, 15) is 0 Å². The van der Waals surface area contributed by atoms with Crippen LogP contribution in [0.2, 0.25) is 0 Å². The van der Waals surface area contributed by atoms with Crippen molar-refractivity contribution in [2.75, 3.05) is 0 Å². The Kier molecular flexibility index (Phi) is 5.75. The summed E-state index contributed by atoms with van der Waals surface area (Å²) >= 11 is 0. The molecule has 6 aromatic rings. The van der Waals surface area contributed by atoms with Gasteiger partial charge in [-0.2, -0.15) is 0 Å². The Morgan fingerprint density at radius 3 is 1.92 bits per heavy atom. The van der Waals surface area contributed by atoms with Crippen LogP contribution in [0.25, 0.3) is 44.2 Å². The molecule has 0 saturated heterocycles. The van der Waals surface area contributed by atoms with Gasteiger partial charge in [-0.3, -0.25) is 0 Å². The van der Waals surface area contributed by atoms with Crippen LogP contribution in [0.15, 0.2) is 145 Å². The molecule has 0 aliphatic heterocycles. The van der Waals surface area contributed by atoms with Crippen molar-refractivity contribution in [3.8, 4) is 16.8 Å². The number of rotatable bonds is 5. The largest absolute Gasteiger partial charge is 0.309 e. The third-order valence-electron chi connectivity index (χ3n) is 7.79.